The maximum absolute atomic E-state index is 11.9. The second-order valence-electron chi connectivity index (χ2n) is 5.45. The first-order chi connectivity index (χ1) is 10.2. The molecule has 1 aromatic carbocycles. The van der Waals surface area contributed by atoms with Gasteiger partial charge >= 0.3 is 0 Å². The van der Waals surface area contributed by atoms with Gasteiger partial charge in [-0.15, -0.1) is 5.10 Å². The minimum absolute atomic E-state index is 0.0345. The lowest BCUT2D eigenvalue weighted by Gasteiger charge is -2.34. The Kier molecular flexibility index (Phi) is 3.96. The molecule has 0 fully saturated rings. The second kappa shape index (κ2) is 6.05. The fourth-order valence-electron chi connectivity index (χ4n) is 2.70. The lowest BCUT2D eigenvalue weighted by molar-refractivity contribution is -0.122. The Balaban J connectivity index is 1.55. The van der Waals surface area contributed by atoms with E-state index in [1.165, 1.54) is 15.8 Å². The Morgan fingerprint density at radius 1 is 1.38 bits per heavy atom. The molecular formula is C15H19N5O. The van der Waals surface area contributed by atoms with Crippen LogP contribution in [0.4, 0.5) is 0 Å². The zero-order valence-corrected chi connectivity index (χ0v) is 12.1. The van der Waals surface area contributed by atoms with E-state index in [1.807, 2.05) is 0 Å². The lowest BCUT2D eigenvalue weighted by atomic mass is 9.94. The number of carbonyl (C=O) groups excluding carboxylic acids is 1. The summed E-state index contributed by atoms with van der Waals surface area (Å²) in [5, 5.41) is 10.5. The van der Waals surface area contributed by atoms with E-state index in [0.29, 0.717) is 12.6 Å². The van der Waals surface area contributed by atoms with Crippen LogP contribution in [0.15, 0.2) is 36.7 Å². The Bertz CT molecular complexity index is 610. The number of aromatic nitrogens is 3. The lowest BCUT2D eigenvalue weighted by Crippen LogP contribution is -2.46. The molecule has 110 valence electrons. The minimum atomic E-state index is -0.0345. The summed E-state index contributed by atoms with van der Waals surface area (Å²) in [5.74, 6) is -0.0345. The molecule has 0 saturated heterocycles. The zero-order valence-electron chi connectivity index (χ0n) is 12.1. The van der Waals surface area contributed by atoms with E-state index in [2.05, 4.69) is 51.8 Å². The molecule has 21 heavy (non-hydrogen) atoms. The number of carbonyl (C=O) groups is 1. The maximum Gasteiger partial charge on any atom is 0.241 e. The van der Waals surface area contributed by atoms with Gasteiger partial charge in [-0.1, -0.05) is 29.5 Å². The highest BCUT2D eigenvalue weighted by molar-refractivity contribution is 5.75. The van der Waals surface area contributed by atoms with Crippen molar-refractivity contribution in [3.05, 3.63) is 47.8 Å². The summed E-state index contributed by atoms with van der Waals surface area (Å²) in [5.41, 5.74) is 2.76. The molecule has 6 heteroatoms. The van der Waals surface area contributed by atoms with Crippen LogP contribution in [0.25, 0.3) is 0 Å². The molecule has 1 atom stereocenters. The first-order valence-electron chi connectivity index (χ1n) is 7.10. The molecule has 1 amide bonds. The maximum atomic E-state index is 11.9. The first-order valence-corrected chi connectivity index (χ1v) is 7.10. The van der Waals surface area contributed by atoms with Crippen LogP contribution in [0.1, 0.15) is 11.1 Å². The van der Waals surface area contributed by atoms with Crippen LogP contribution in [0, 0.1) is 0 Å². The molecule has 0 saturated carbocycles. The van der Waals surface area contributed by atoms with Crippen LogP contribution < -0.4 is 5.32 Å². The summed E-state index contributed by atoms with van der Waals surface area (Å²) in [7, 11) is 2.10. The Morgan fingerprint density at radius 3 is 2.95 bits per heavy atom. The molecule has 0 aliphatic carbocycles. The summed E-state index contributed by atoms with van der Waals surface area (Å²) < 4.78 is 1.52. The average molecular weight is 285 g/mol. The van der Waals surface area contributed by atoms with E-state index in [1.54, 1.807) is 12.4 Å². The minimum Gasteiger partial charge on any atom is -0.353 e. The third-order valence-corrected chi connectivity index (χ3v) is 3.93. The molecule has 0 spiro atoms. The van der Waals surface area contributed by atoms with Crippen LogP contribution in [-0.4, -0.2) is 45.4 Å². The molecule has 1 aliphatic rings. The molecule has 1 N–H and O–H groups in total. The third-order valence-electron chi connectivity index (χ3n) is 3.93. The van der Waals surface area contributed by atoms with Gasteiger partial charge in [0.1, 0.15) is 6.54 Å². The summed E-state index contributed by atoms with van der Waals surface area (Å²) in [6.07, 6.45) is 4.22. The van der Waals surface area contributed by atoms with Gasteiger partial charge in [0.05, 0.1) is 6.20 Å². The van der Waals surface area contributed by atoms with Crippen LogP contribution in [0.2, 0.25) is 0 Å². The molecular weight excluding hydrogens is 266 g/mol. The Labute approximate surface area is 123 Å². The summed E-state index contributed by atoms with van der Waals surface area (Å²) in [6.45, 7) is 1.80. The third kappa shape index (κ3) is 3.28. The molecule has 6 nitrogen and oxygen atoms in total. The smallest absolute Gasteiger partial charge is 0.241 e. The summed E-state index contributed by atoms with van der Waals surface area (Å²) in [4.78, 5) is 14.2. The number of benzene rings is 1. The molecule has 1 aliphatic heterocycles. The van der Waals surface area contributed by atoms with Crippen LogP contribution in [0.3, 0.4) is 0 Å². The molecule has 0 unspecified atom stereocenters. The SMILES string of the molecule is CN1Cc2ccccc2C[C@@H]1CNC(=O)Cn1ccnn1. The van der Waals surface area contributed by atoms with Crippen molar-refractivity contribution in [2.45, 2.75) is 25.6 Å². The fraction of sp³-hybridized carbons (Fsp3) is 0.400. The van der Waals surface area contributed by atoms with Crippen molar-refractivity contribution in [3.63, 3.8) is 0 Å². The van der Waals surface area contributed by atoms with Crippen molar-refractivity contribution in [1.29, 1.82) is 0 Å². The highest BCUT2D eigenvalue weighted by Crippen LogP contribution is 2.21. The number of nitrogens with one attached hydrogen (secondary N) is 1. The van der Waals surface area contributed by atoms with Gasteiger partial charge in [0.15, 0.2) is 0 Å². The van der Waals surface area contributed by atoms with Gasteiger partial charge in [0.2, 0.25) is 5.91 Å². The quantitative estimate of drug-likeness (QED) is 0.886. The van der Waals surface area contributed by atoms with E-state index in [4.69, 9.17) is 0 Å². The van der Waals surface area contributed by atoms with Gasteiger partial charge in [-0.05, 0) is 24.6 Å². The number of hydrogen-bond acceptors (Lipinski definition) is 4. The van der Waals surface area contributed by atoms with Gasteiger partial charge in [-0.3, -0.25) is 9.69 Å². The Hall–Kier alpha value is -2.21. The number of rotatable bonds is 4. The van der Waals surface area contributed by atoms with Crippen molar-refractivity contribution in [2.24, 2.45) is 0 Å². The van der Waals surface area contributed by atoms with Crippen LogP contribution in [0.5, 0.6) is 0 Å². The van der Waals surface area contributed by atoms with E-state index >= 15 is 0 Å². The van der Waals surface area contributed by atoms with Crippen molar-refractivity contribution < 1.29 is 4.79 Å². The largest absolute Gasteiger partial charge is 0.353 e. The topological polar surface area (TPSA) is 63.1 Å². The van der Waals surface area contributed by atoms with Gasteiger partial charge < -0.3 is 5.32 Å². The molecule has 0 radical (unpaired) electrons. The standard InChI is InChI=1S/C15H19N5O/c1-19-10-13-5-3-2-4-12(13)8-14(19)9-16-15(21)11-20-7-6-17-18-20/h2-7,14H,8-11H2,1H3,(H,16,21)/t14-/m1/s1. The van der Waals surface area contributed by atoms with Gasteiger partial charge in [0, 0.05) is 25.3 Å². The van der Waals surface area contributed by atoms with Gasteiger partial charge in [-0.25, -0.2) is 4.68 Å². The number of nitrogens with zero attached hydrogens (tertiary/aromatic N) is 4. The number of hydrogen-bond donors (Lipinski definition) is 1. The predicted octanol–water partition coefficient (Wildman–Crippen LogP) is 0.451. The van der Waals surface area contributed by atoms with Crippen molar-refractivity contribution in [1.82, 2.24) is 25.2 Å². The normalized spacial score (nSPS) is 18.2. The highest BCUT2D eigenvalue weighted by Gasteiger charge is 2.23. The molecule has 2 heterocycles. The molecule has 3 rings (SSSR count). The van der Waals surface area contributed by atoms with Crippen molar-refractivity contribution in [3.8, 4) is 0 Å². The summed E-state index contributed by atoms with van der Waals surface area (Å²) in [6, 6.07) is 8.83. The second-order valence-corrected chi connectivity index (χ2v) is 5.45. The molecule has 1 aromatic heterocycles. The molecule has 0 bridgehead atoms. The van der Waals surface area contributed by atoms with E-state index in [9.17, 15) is 4.79 Å². The number of likely N-dealkylation sites (N-methyl/N-ethyl adjacent to an activating group) is 1. The zero-order chi connectivity index (χ0) is 14.7. The number of fused-ring (bicyclic) bond motifs is 1. The van der Waals surface area contributed by atoms with E-state index in [-0.39, 0.29) is 12.5 Å². The Morgan fingerprint density at radius 2 is 2.19 bits per heavy atom. The summed E-state index contributed by atoms with van der Waals surface area (Å²) >= 11 is 0. The fourth-order valence-corrected chi connectivity index (χ4v) is 2.70. The van der Waals surface area contributed by atoms with Gasteiger partial charge in [-0.2, -0.15) is 0 Å². The highest BCUT2D eigenvalue weighted by atomic mass is 16.2. The van der Waals surface area contributed by atoms with E-state index < -0.39 is 0 Å². The number of amides is 1. The van der Waals surface area contributed by atoms with Crippen LogP contribution >= 0.6 is 0 Å². The van der Waals surface area contributed by atoms with Gasteiger partial charge in [0.25, 0.3) is 0 Å². The molecule has 2 aromatic rings. The monoisotopic (exact) mass is 285 g/mol. The predicted molar refractivity (Wildman–Crippen MR) is 78.4 cm³/mol. The first kappa shape index (κ1) is 13.8. The van der Waals surface area contributed by atoms with Crippen LogP contribution in [-0.2, 0) is 24.3 Å². The van der Waals surface area contributed by atoms with E-state index in [0.717, 1.165) is 13.0 Å². The van der Waals surface area contributed by atoms with Crippen molar-refractivity contribution >= 4 is 5.91 Å². The average Bonchev–Trinajstić information content (AvgIpc) is 2.98. The van der Waals surface area contributed by atoms with Crippen molar-refractivity contribution in [2.75, 3.05) is 13.6 Å².